The van der Waals surface area contributed by atoms with Gasteiger partial charge in [-0.3, -0.25) is 0 Å². The normalized spacial score (nSPS) is 12.1. The molecule has 6 nitrogen and oxygen atoms in total. The van der Waals surface area contributed by atoms with Gasteiger partial charge in [0.25, 0.3) is 0 Å². The van der Waals surface area contributed by atoms with Crippen LogP contribution in [0, 0.1) is 13.8 Å². The molecule has 7 heteroatoms. The van der Waals surface area contributed by atoms with E-state index in [-0.39, 0.29) is 6.79 Å². The Morgan fingerprint density at radius 1 is 1.07 bits per heavy atom. The van der Waals surface area contributed by atoms with Crippen LogP contribution < -0.4 is 20.1 Å². The molecule has 2 N–H and O–H groups in total. The molecule has 1 aliphatic rings. The van der Waals surface area contributed by atoms with Gasteiger partial charge in [0.15, 0.2) is 11.5 Å². The van der Waals surface area contributed by atoms with Crippen molar-refractivity contribution >= 4 is 29.1 Å². The molecule has 0 fully saturated rings. The van der Waals surface area contributed by atoms with Crippen LogP contribution in [0.4, 0.5) is 17.5 Å². The van der Waals surface area contributed by atoms with Crippen molar-refractivity contribution in [2.75, 3.05) is 17.4 Å². The quantitative estimate of drug-likeness (QED) is 0.658. The number of hydrogen-bond acceptors (Lipinski definition) is 6. The molecule has 1 aromatic heterocycles. The summed E-state index contributed by atoms with van der Waals surface area (Å²) in [6, 6.07) is 11.7. The van der Waals surface area contributed by atoms with E-state index in [0.717, 1.165) is 33.9 Å². The number of rotatable bonds is 5. The van der Waals surface area contributed by atoms with Crippen LogP contribution in [0.25, 0.3) is 0 Å². The lowest BCUT2D eigenvalue weighted by molar-refractivity contribution is 0.174. The number of hydrogen-bond donors (Lipinski definition) is 2. The maximum Gasteiger partial charge on any atom is 0.231 e. The second-order valence-corrected chi connectivity index (χ2v) is 6.78. The first kappa shape index (κ1) is 17.4. The van der Waals surface area contributed by atoms with Gasteiger partial charge >= 0.3 is 0 Å². The third kappa shape index (κ3) is 3.90. The summed E-state index contributed by atoms with van der Waals surface area (Å²) < 4.78 is 10.7. The van der Waals surface area contributed by atoms with E-state index in [1.807, 2.05) is 44.2 Å². The smallest absolute Gasteiger partial charge is 0.231 e. The monoisotopic (exact) mass is 382 g/mol. The number of aromatic nitrogens is 2. The minimum Gasteiger partial charge on any atom is -0.454 e. The predicted octanol–water partition coefficient (Wildman–Crippen LogP) is 4.83. The fraction of sp³-hybridized carbons (Fsp3) is 0.200. The van der Waals surface area contributed by atoms with E-state index in [2.05, 4.69) is 26.7 Å². The molecule has 0 unspecified atom stereocenters. The van der Waals surface area contributed by atoms with Crippen molar-refractivity contribution in [2.45, 2.75) is 20.4 Å². The highest BCUT2D eigenvalue weighted by atomic mass is 35.5. The summed E-state index contributed by atoms with van der Waals surface area (Å²) in [7, 11) is 0. The van der Waals surface area contributed by atoms with Crippen molar-refractivity contribution in [2.24, 2.45) is 0 Å². The second-order valence-electron chi connectivity index (χ2n) is 6.37. The summed E-state index contributed by atoms with van der Waals surface area (Å²) in [6.45, 7) is 4.90. The van der Waals surface area contributed by atoms with Crippen LogP contribution in [-0.4, -0.2) is 16.8 Å². The molecule has 0 saturated heterocycles. The van der Waals surface area contributed by atoms with Gasteiger partial charge in [-0.15, -0.1) is 0 Å². The van der Waals surface area contributed by atoms with Gasteiger partial charge in [0.05, 0.1) is 10.7 Å². The summed E-state index contributed by atoms with van der Waals surface area (Å²) in [5.74, 6) is 2.74. The summed E-state index contributed by atoms with van der Waals surface area (Å²) in [4.78, 5) is 8.80. The van der Waals surface area contributed by atoms with Crippen LogP contribution in [0.3, 0.4) is 0 Å². The first-order chi connectivity index (χ1) is 13.1. The van der Waals surface area contributed by atoms with Gasteiger partial charge < -0.3 is 20.1 Å². The van der Waals surface area contributed by atoms with Crippen molar-refractivity contribution in [1.29, 1.82) is 0 Å². The zero-order valence-electron chi connectivity index (χ0n) is 15.0. The standard InChI is InChI=1S/C20H19ClN4O2/c1-12-7-13(2)19(15(21)8-12)25-20-22-6-5-18(24-20)23-10-14-3-4-16-17(9-14)27-11-26-16/h3-9H,10-11H2,1-2H3,(H2,22,23,24,25). The number of fused-ring (bicyclic) bond motifs is 1. The topological polar surface area (TPSA) is 68.3 Å². The van der Waals surface area contributed by atoms with Gasteiger partial charge in [0.1, 0.15) is 5.82 Å². The van der Waals surface area contributed by atoms with Crippen molar-refractivity contribution in [3.8, 4) is 11.5 Å². The maximum atomic E-state index is 6.36. The number of nitrogens with zero attached hydrogens (tertiary/aromatic N) is 2. The average molecular weight is 383 g/mol. The molecule has 4 rings (SSSR count). The van der Waals surface area contributed by atoms with Gasteiger partial charge in [-0.25, -0.2) is 4.98 Å². The zero-order chi connectivity index (χ0) is 18.8. The van der Waals surface area contributed by atoms with Gasteiger partial charge in [0.2, 0.25) is 12.7 Å². The van der Waals surface area contributed by atoms with E-state index in [0.29, 0.717) is 23.3 Å². The van der Waals surface area contributed by atoms with E-state index >= 15 is 0 Å². The Morgan fingerprint density at radius 3 is 2.78 bits per heavy atom. The molecule has 27 heavy (non-hydrogen) atoms. The lowest BCUT2D eigenvalue weighted by Gasteiger charge is -2.12. The number of anilines is 3. The van der Waals surface area contributed by atoms with E-state index in [4.69, 9.17) is 21.1 Å². The Labute approximate surface area is 162 Å². The SMILES string of the molecule is Cc1cc(C)c(Nc2nccc(NCc3ccc4c(c3)OCO4)n2)c(Cl)c1. The zero-order valence-corrected chi connectivity index (χ0v) is 15.8. The molecule has 2 aromatic carbocycles. The van der Waals surface area contributed by atoms with Crippen molar-refractivity contribution < 1.29 is 9.47 Å². The lowest BCUT2D eigenvalue weighted by atomic mass is 10.1. The molecule has 2 heterocycles. The van der Waals surface area contributed by atoms with Crippen LogP contribution in [0.1, 0.15) is 16.7 Å². The van der Waals surface area contributed by atoms with Crippen LogP contribution in [0.2, 0.25) is 5.02 Å². The van der Waals surface area contributed by atoms with E-state index < -0.39 is 0 Å². The number of ether oxygens (including phenoxy) is 2. The maximum absolute atomic E-state index is 6.36. The van der Waals surface area contributed by atoms with Crippen LogP contribution >= 0.6 is 11.6 Å². The molecule has 3 aromatic rings. The van der Waals surface area contributed by atoms with Crippen molar-refractivity contribution in [1.82, 2.24) is 9.97 Å². The lowest BCUT2D eigenvalue weighted by Crippen LogP contribution is -2.05. The first-order valence-electron chi connectivity index (χ1n) is 8.58. The summed E-state index contributed by atoms with van der Waals surface area (Å²) in [5.41, 5.74) is 4.05. The molecular formula is C20H19ClN4O2. The molecule has 0 spiro atoms. The summed E-state index contributed by atoms with van der Waals surface area (Å²) >= 11 is 6.36. The molecule has 0 atom stereocenters. The molecular weight excluding hydrogens is 364 g/mol. The van der Waals surface area contributed by atoms with Crippen LogP contribution in [0.15, 0.2) is 42.6 Å². The van der Waals surface area contributed by atoms with Crippen LogP contribution in [-0.2, 0) is 6.54 Å². The Balaban J connectivity index is 1.46. The van der Waals surface area contributed by atoms with Gasteiger partial charge in [0, 0.05) is 12.7 Å². The number of nitrogens with one attached hydrogen (secondary N) is 2. The van der Waals surface area contributed by atoms with Crippen LogP contribution in [0.5, 0.6) is 11.5 Å². The third-order valence-electron chi connectivity index (χ3n) is 4.23. The fourth-order valence-corrected chi connectivity index (χ4v) is 3.32. The Morgan fingerprint density at radius 2 is 1.93 bits per heavy atom. The Hall–Kier alpha value is -2.99. The second kappa shape index (κ2) is 7.32. The van der Waals surface area contributed by atoms with Gasteiger partial charge in [-0.1, -0.05) is 23.7 Å². The molecule has 0 saturated carbocycles. The summed E-state index contributed by atoms with van der Waals surface area (Å²) in [6.07, 6.45) is 1.70. The fourth-order valence-electron chi connectivity index (χ4n) is 2.95. The number of aryl methyl sites for hydroxylation is 2. The molecule has 0 aliphatic carbocycles. The Kier molecular flexibility index (Phi) is 4.73. The van der Waals surface area contributed by atoms with Gasteiger partial charge in [-0.2, -0.15) is 4.98 Å². The molecule has 0 amide bonds. The number of benzene rings is 2. The average Bonchev–Trinajstić information content (AvgIpc) is 3.11. The highest BCUT2D eigenvalue weighted by Gasteiger charge is 2.13. The summed E-state index contributed by atoms with van der Waals surface area (Å²) in [5, 5.41) is 7.15. The van der Waals surface area contributed by atoms with Gasteiger partial charge in [-0.05, 0) is 54.8 Å². The largest absolute Gasteiger partial charge is 0.454 e. The minimum absolute atomic E-state index is 0.272. The first-order valence-corrected chi connectivity index (χ1v) is 8.95. The van der Waals surface area contributed by atoms with E-state index in [9.17, 15) is 0 Å². The van der Waals surface area contributed by atoms with E-state index in [1.165, 1.54) is 0 Å². The highest BCUT2D eigenvalue weighted by molar-refractivity contribution is 6.33. The number of halogens is 1. The minimum atomic E-state index is 0.272. The van der Waals surface area contributed by atoms with E-state index in [1.54, 1.807) is 6.20 Å². The Bertz CT molecular complexity index is 970. The molecule has 1 aliphatic heterocycles. The highest BCUT2D eigenvalue weighted by Crippen LogP contribution is 2.33. The molecule has 138 valence electrons. The predicted molar refractivity (Wildman–Crippen MR) is 106 cm³/mol. The van der Waals surface area contributed by atoms with Crippen molar-refractivity contribution in [3.05, 3.63) is 64.3 Å². The van der Waals surface area contributed by atoms with Crippen molar-refractivity contribution in [3.63, 3.8) is 0 Å². The molecule has 0 bridgehead atoms. The molecule has 0 radical (unpaired) electrons. The third-order valence-corrected chi connectivity index (χ3v) is 4.53.